The van der Waals surface area contributed by atoms with Gasteiger partial charge in [-0.25, -0.2) is 0 Å². The summed E-state index contributed by atoms with van der Waals surface area (Å²) in [6.07, 6.45) is 0. The number of halogens is 1. The summed E-state index contributed by atoms with van der Waals surface area (Å²) in [5.41, 5.74) is 12.0. The first-order valence-electron chi connectivity index (χ1n) is 5.66. The Labute approximate surface area is 115 Å². The highest BCUT2D eigenvalue weighted by Gasteiger charge is 2.08. The predicted molar refractivity (Wildman–Crippen MR) is 74.4 cm³/mol. The van der Waals surface area contributed by atoms with E-state index in [0.29, 0.717) is 18.0 Å². The minimum atomic E-state index is -0.566. The minimum Gasteiger partial charge on any atom is -0.457 e. The van der Waals surface area contributed by atoms with Gasteiger partial charge in [0.2, 0.25) is 5.91 Å². The fourth-order valence-electron chi connectivity index (χ4n) is 1.59. The van der Waals surface area contributed by atoms with Gasteiger partial charge in [-0.15, -0.1) is 0 Å². The summed E-state index contributed by atoms with van der Waals surface area (Å²) >= 11 is 5.94. The maximum absolute atomic E-state index is 11.0. The van der Waals surface area contributed by atoms with Gasteiger partial charge in [0.25, 0.3) is 0 Å². The second kappa shape index (κ2) is 5.73. The van der Waals surface area contributed by atoms with Crippen LogP contribution in [0.5, 0.6) is 11.5 Å². The van der Waals surface area contributed by atoms with Crippen molar-refractivity contribution in [1.82, 2.24) is 0 Å². The molecule has 0 unspecified atom stereocenters. The molecule has 0 saturated carbocycles. The summed E-state index contributed by atoms with van der Waals surface area (Å²) < 4.78 is 5.62. The number of primary amides is 1. The second-order valence-electron chi connectivity index (χ2n) is 3.96. The van der Waals surface area contributed by atoms with Gasteiger partial charge in [0.05, 0.1) is 10.6 Å². The molecule has 0 bridgehead atoms. The summed E-state index contributed by atoms with van der Waals surface area (Å²) in [6, 6.07) is 12.1. The van der Waals surface area contributed by atoms with Crippen molar-refractivity contribution in [1.29, 1.82) is 0 Å². The Morgan fingerprint density at radius 1 is 1.11 bits per heavy atom. The van der Waals surface area contributed by atoms with Crippen molar-refractivity contribution < 1.29 is 9.53 Å². The zero-order valence-electron chi connectivity index (χ0n) is 10.1. The first kappa shape index (κ1) is 13.4. The van der Waals surface area contributed by atoms with Crippen molar-refractivity contribution in [3.8, 4) is 11.5 Å². The second-order valence-corrected chi connectivity index (χ2v) is 4.36. The molecule has 1 amide bonds. The number of hydrogen-bond acceptors (Lipinski definition) is 3. The molecule has 4 nitrogen and oxygen atoms in total. The quantitative estimate of drug-likeness (QED) is 0.901. The van der Waals surface area contributed by atoms with Crippen molar-refractivity contribution >= 4 is 17.5 Å². The maximum atomic E-state index is 11.0. The number of ether oxygens (including phenoxy) is 1. The van der Waals surface area contributed by atoms with Gasteiger partial charge in [0.15, 0.2) is 0 Å². The number of amides is 1. The van der Waals surface area contributed by atoms with Crippen LogP contribution in [-0.2, 0) is 6.54 Å². The van der Waals surface area contributed by atoms with Crippen LogP contribution in [-0.4, -0.2) is 5.91 Å². The topological polar surface area (TPSA) is 78.3 Å². The Bertz CT molecular complexity index is 597. The molecule has 98 valence electrons. The van der Waals surface area contributed by atoms with Crippen LogP contribution in [0.3, 0.4) is 0 Å². The van der Waals surface area contributed by atoms with E-state index in [4.69, 9.17) is 27.8 Å². The third-order valence-corrected chi connectivity index (χ3v) is 2.91. The molecule has 19 heavy (non-hydrogen) atoms. The molecule has 4 N–H and O–H groups in total. The van der Waals surface area contributed by atoms with E-state index < -0.39 is 5.91 Å². The molecule has 5 heteroatoms. The van der Waals surface area contributed by atoms with Gasteiger partial charge in [0, 0.05) is 12.6 Å². The molecule has 0 aromatic heterocycles. The van der Waals surface area contributed by atoms with Crippen LogP contribution in [0.25, 0.3) is 0 Å². The van der Waals surface area contributed by atoms with E-state index in [1.807, 2.05) is 24.3 Å². The molecule has 0 heterocycles. The van der Waals surface area contributed by atoms with Crippen LogP contribution in [0.4, 0.5) is 0 Å². The van der Waals surface area contributed by atoms with Crippen LogP contribution in [0.15, 0.2) is 42.5 Å². The van der Waals surface area contributed by atoms with E-state index >= 15 is 0 Å². The van der Waals surface area contributed by atoms with Crippen LogP contribution >= 0.6 is 11.6 Å². The van der Waals surface area contributed by atoms with E-state index in [-0.39, 0.29) is 10.6 Å². The average molecular weight is 277 g/mol. The lowest BCUT2D eigenvalue weighted by Gasteiger charge is -2.08. The first-order chi connectivity index (χ1) is 9.10. The van der Waals surface area contributed by atoms with Crippen LogP contribution in [0.1, 0.15) is 15.9 Å². The molecule has 0 aliphatic rings. The van der Waals surface area contributed by atoms with E-state index in [9.17, 15) is 4.79 Å². The van der Waals surface area contributed by atoms with Gasteiger partial charge >= 0.3 is 0 Å². The molecule has 2 rings (SSSR count). The number of hydrogen-bond donors (Lipinski definition) is 2. The van der Waals surface area contributed by atoms with Crippen molar-refractivity contribution in [3.05, 3.63) is 58.6 Å². The van der Waals surface area contributed by atoms with E-state index in [1.165, 1.54) is 6.07 Å². The molecule has 0 spiro atoms. The first-order valence-corrected chi connectivity index (χ1v) is 6.04. The summed E-state index contributed by atoms with van der Waals surface area (Å²) in [7, 11) is 0. The molecule has 0 radical (unpaired) electrons. The molecule has 0 saturated heterocycles. The van der Waals surface area contributed by atoms with E-state index in [1.54, 1.807) is 12.1 Å². The van der Waals surface area contributed by atoms with Crippen LogP contribution in [0.2, 0.25) is 5.02 Å². The third kappa shape index (κ3) is 3.24. The normalized spacial score (nSPS) is 10.2. The molecule has 2 aromatic carbocycles. The monoisotopic (exact) mass is 276 g/mol. The minimum absolute atomic E-state index is 0.267. The number of rotatable bonds is 4. The van der Waals surface area contributed by atoms with E-state index in [2.05, 4.69) is 0 Å². The van der Waals surface area contributed by atoms with E-state index in [0.717, 1.165) is 5.56 Å². The lowest BCUT2D eigenvalue weighted by molar-refractivity contribution is 0.100. The van der Waals surface area contributed by atoms with Crippen molar-refractivity contribution in [2.24, 2.45) is 11.5 Å². The molecule has 0 atom stereocenters. The van der Waals surface area contributed by atoms with Gasteiger partial charge in [-0.2, -0.15) is 0 Å². The van der Waals surface area contributed by atoms with Gasteiger partial charge in [0.1, 0.15) is 11.5 Å². The number of benzene rings is 2. The standard InChI is InChI=1S/C14H13ClN2O2/c15-13-7-11(5-6-12(13)14(17)18)19-10-3-1-9(8-16)2-4-10/h1-7H,8,16H2,(H2,17,18). The lowest BCUT2D eigenvalue weighted by atomic mass is 10.2. The lowest BCUT2D eigenvalue weighted by Crippen LogP contribution is -2.11. The molecule has 2 aromatic rings. The summed E-state index contributed by atoms with van der Waals surface area (Å²) in [5, 5.41) is 0.267. The Morgan fingerprint density at radius 3 is 2.26 bits per heavy atom. The Kier molecular flexibility index (Phi) is 4.04. The van der Waals surface area contributed by atoms with Gasteiger partial charge in [-0.3, -0.25) is 4.79 Å². The highest BCUT2D eigenvalue weighted by atomic mass is 35.5. The Hall–Kier alpha value is -2.04. The molecular weight excluding hydrogens is 264 g/mol. The highest BCUT2D eigenvalue weighted by molar-refractivity contribution is 6.33. The predicted octanol–water partition coefficient (Wildman–Crippen LogP) is 2.69. The highest BCUT2D eigenvalue weighted by Crippen LogP contribution is 2.26. The largest absolute Gasteiger partial charge is 0.457 e. The third-order valence-electron chi connectivity index (χ3n) is 2.60. The molecule has 0 aliphatic heterocycles. The van der Waals surface area contributed by atoms with Crippen molar-refractivity contribution in [2.75, 3.05) is 0 Å². The van der Waals surface area contributed by atoms with Crippen molar-refractivity contribution in [2.45, 2.75) is 6.54 Å². The number of carbonyl (C=O) groups is 1. The van der Waals surface area contributed by atoms with Gasteiger partial charge < -0.3 is 16.2 Å². The molecular formula is C14H13ClN2O2. The van der Waals surface area contributed by atoms with Gasteiger partial charge in [-0.05, 0) is 29.8 Å². The van der Waals surface area contributed by atoms with Crippen LogP contribution < -0.4 is 16.2 Å². The Morgan fingerprint density at radius 2 is 1.74 bits per heavy atom. The number of carbonyl (C=O) groups excluding carboxylic acids is 1. The number of nitrogens with two attached hydrogens (primary N) is 2. The molecule has 0 aliphatic carbocycles. The summed E-state index contributed by atoms with van der Waals surface area (Å²) in [5.74, 6) is 0.638. The summed E-state index contributed by atoms with van der Waals surface area (Å²) in [6.45, 7) is 0.486. The zero-order chi connectivity index (χ0) is 13.8. The Balaban J connectivity index is 2.18. The summed E-state index contributed by atoms with van der Waals surface area (Å²) in [4.78, 5) is 11.0. The van der Waals surface area contributed by atoms with Crippen molar-refractivity contribution in [3.63, 3.8) is 0 Å². The zero-order valence-corrected chi connectivity index (χ0v) is 10.9. The fourth-order valence-corrected chi connectivity index (χ4v) is 1.85. The SMILES string of the molecule is NCc1ccc(Oc2ccc(C(N)=O)c(Cl)c2)cc1. The average Bonchev–Trinajstić information content (AvgIpc) is 2.39. The van der Waals surface area contributed by atoms with Crippen LogP contribution in [0, 0.1) is 0 Å². The van der Waals surface area contributed by atoms with Gasteiger partial charge in [-0.1, -0.05) is 23.7 Å². The maximum Gasteiger partial charge on any atom is 0.250 e. The molecule has 0 fully saturated rings. The smallest absolute Gasteiger partial charge is 0.250 e. The fraction of sp³-hybridized carbons (Fsp3) is 0.0714.